The molecule has 9 heteroatoms. The fraction of sp³-hybridized carbons (Fsp3) is 0.364. The molecular formula is C11H15Br2N3O3S. The number of sulfonamides is 1. The summed E-state index contributed by atoms with van der Waals surface area (Å²) < 4.78 is 27.5. The molecule has 20 heavy (non-hydrogen) atoms. The second kappa shape index (κ2) is 7.39. The highest BCUT2D eigenvalue weighted by molar-refractivity contribution is 9.11. The lowest BCUT2D eigenvalue weighted by Crippen LogP contribution is -2.31. The van der Waals surface area contributed by atoms with Crippen molar-refractivity contribution in [1.29, 1.82) is 0 Å². The number of rotatable bonds is 6. The molecule has 0 heterocycles. The molecular weight excluding hydrogens is 414 g/mol. The topological polar surface area (TPSA) is 101 Å². The molecule has 0 aliphatic carbocycles. The molecule has 0 spiro atoms. The van der Waals surface area contributed by atoms with Crippen LogP contribution in [0.15, 0.2) is 26.0 Å². The van der Waals surface area contributed by atoms with Crippen LogP contribution in [0.1, 0.15) is 13.3 Å². The van der Waals surface area contributed by atoms with Crippen molar-refractivity contribution in [2.24, 2.45) is 0 Å². The van der Waals surface area contributed by atoms with Crippen molar-refractivity contribution in [3.8, 4) is 0 Å². The fourth-order valence-corrected chi connectivity index (χ4v) is 5.14. The second-order valence-corrected chi connectivity index (χ2v) is 7.33. The van der Waals surface area contributed by atoms with E-state index in [2.05, 4.69) is 41.9 Å². The highest BCUT2D eigenvalue weighted by atomic mass is 79.9. The third-order valence-electron chi connectivity index (χ3n) is 2.31. The van der Waals surface area contributed by atoms with Gasteiger partial charge in [-0.15, -0.1) is 0 Å². The van der Waals surface area contributed by atoms with Crippen LogP contribution in [-0.4, -0.2) is 27.4 Å². The summed E-state index contributed by atoms with van der Waals surface area (Å²) in [5.74, 6) is -0.203. The molecule has 0 aliphatic rings. The predicted molar refractivity (Wildman–Crippen MR) is 84.7 cm³/mol. The predicted octanol–water partition coefficient (Wildman–Crippen LogP) is 1.60. The Kier molecular flexibility index (Phi) is 6.44. The van der Waals surface area contributed by atoms with Crippen molar-refractivity contribution in [2.75, 3.05) is 18.8 Å². The lowest BCUT2D eigenvalue weighted by Gasteiger charge is -2.11. The van der Waals surface area contributed by atoms with Crippen LogP contribution in [-0.2, 0) is 14.8 Å². The molecule has 0 saturated carbocycles. The third-order valence-corrected chi connectivity index (χ3v) is 5.64. The van der Waals surface area contributed by atoms with Gasteiger partial charge >= 0.3 is 0 Å². The van der Waals surface area contributed by atoms with E-state index in [4.69, 9.17) is 5.73 Å². The maximum absolute atomic E-state index is 12.2. The number of nitrogens with two attached hydrogens (primary N) is 1. The van der Waals surface area contributed by atoms with Gasteiger partial charge in [-0.05, 0) is 50.9 Å². The monoisotopic (exact) mass is 427 g/mol. The summed E-state index contributed by atoms with van der Waals surface area (Å²) in [6.07, 6.45) is 0.0806. The van der Waals surface area contributed by atoms with Crippen molar-refractivity contribution in [1.82, 2.24) is 10.0 Å². The zero-order valence-electron chi connectivity index (χ0n) is 10.7. The molecule has 0 fully saturated rings. The van der Waals surface area contributed by atoms with Crippen LogP contribution in [0.3, 0.4) is 0 Å². The van der Waals surface area contributed by atoms with E-state index in [9.17, 15) is 13.2 Å². The Balaban J connectivity index is 2.82. The van der Waals surface area contributed by atoms with Crippen LogP contribution in [0.25, 0.3) is 0 Å². The number of anilines is 1. The van der Waals surface area contributed by atoms with E-state index >= 15 is 0 Å². The van der Waals surface area contributed by atoms with Gasteiger partial charge in [0.2, 0.25) is 15.9 Å². The van der Waals surface area contributed by atoms with Gasteiger partial charge in [0.15, 0.2) is 0 Å². The Labute approximate surface area is 134 Å². The summed E-state index contributed by atoms with van der Waals surface area (Å²) in [5, 5.41) is 2.59. The lowest BCUT2D eigenvalue weighted by atomic mass is 10.3. The number of nitrogen functional groups attached to an aromatic ring is 1. The molecule has 1 aromatic rings. The minimum atomic E-state index is -3.73. The van der Waals surface area contributed by atoms with Crippen molar-refractivity contribution in [3.05, 3.63) is 21.1 Å². The van der Waals surface area contributed by atoms with Crippen LogP contribution in [0.5, 0.6) is 0 Å². The summed E-state index contributed by atoms with van der Waals surface area (Å²) in [4.78, 5) is 11.3. The molecule has 0 unspecified atom stereocenters. The Morgan fingerprint density at radius 2 is 1.85 bits per heavy atom. The highest BCUT2D eigenvalue weighted by Gasteiger charge is 2.21. The minimum Gasteiger partial charge on any atom is -0.399 e. The number of nitrogens with one attached hydrogen (secondary N) is 2. The average molecular weight is 429 g/mol. The molecule has 0 radical (unpaired) electrons. The van der Waals surface area contributed by atoms with Crippen molar-refractivity contribution >= 4 is 53.5 Å². The van der Waals surface area contributed by atoms with E-state index in [1.54, 1.807) is 6.92 Å². The van der Waals surface area contributed by atoms with E-state index in [0.29, 0.717) is 21.2 Å². The number of hydrogen-bond acceptors (Lipinski definition) is 4. The van der Waals surface area contributed by atoms with Crippen LogP contribution in [0.4, 0.5) is 5.69 Å². The summed E-state index contributed by atoms with van der Waals surface area (Å²) in [7, 11) is -3.73. The number of halogens is 2. The van der Waals surface area contributed by atoms with Crippen LogP contribution in [0.2, 0.25) is 0 Å². The molecule has 0 saturated heterocycles. The zero-order valence-corrected chi connectivity index (χ0v) is 14.7. The van der Waals surface area contributed by atoms with Gasteiger partial charge < -0.3 is 11.1 Å². The molecule has 1 amide bonds. The van der Waals surface area contributed by atoms with E-state index in [-0.39, 0.29) is 23.8 Å². The molecule has 112 valence electrons. The smallest absolute Gasteiger partial charge is 0.242 e. The van der Waals surface area contributed by atoms with Gasteiger partial charge in [-0.3, -0.25) is 4.79 Å². The van der Waals surface area contributed by atoms with Gasteiger partial charge in [-0.2, -0.15) is 0 Å². The summed E-state index contributed by atoms with van der Waals surface area (Å²) in [6, 6.07) is 3.01. The number of carbonyl (C=O) groups excluding carboxylic acids is 1. The van der Waals surface area contributed by atoms with Gasteiger partial charge in [-0.1, -0.05) is 0 Å². The Morgan fingerprint density at radius 3 is 2.35 bits per heavy atom. The van der Waals surface area contributed by atoms with Crippen molar-refractivity contribution < 1.29 is 13.2 Å². The van der Waals surface area contributed by atoms with Gasteiger partial charge in [0.25, 0.3) is 0 Å². The van der Waals surface area contributed by atoms with E-state index in [0.717, 1.165) is 0 Å². The number of benzene rings is 1. The lowest BCUT2D eigenvalue weighted by molar-refractivity contribution is -0.120. The van der Waals surface area contributed by atoms with Crippen molar-refractivity contribution in [2.45, 2.75) is 18.2 Å². The first-order valence-corrected chi connectivity index (χ1v) is 8.85. The molecule has 1 aromatic carbocycles. The first-order valence-electron chi connectivity index (χ1n) is 5.78. The molecule has 0 aliphatic heterocycles. The van der Waals surface area contributed by atoms with Gasteiger partial charge in [0.1, 0.15) is 4.90 Å². The Hall–Kier alpha value is -0.640. The Bertz CT molecular complexity index is 582. The highest BCUT2D eigenvalue weighted by Crippen LogP contribution is 2.32. The van der Waals surface area contributed by atoms with E-state index in [1.165, 1.54) is 12.1 Å². The summed E-state index contributed by atoms with van der Waals surface area (Å²) in [6.45, 7) is 2.34. The number of carbonyl (C=O) groups is 1. The van der Waals surface area contributed by atoms with Gasteiger partial charge in [-0.25, -0.2) is 13.1 Å². The molecule has 0 atom stereocenters. The minimum absolute atomic E-state index is 0.0252. The average Bonchev–Trinajstić information content (AvgIpc) is 2.26. The SMILES string of the molecule is CCNC(=O)CCNS(=O)(=O)c1c(Br)cc(N)cc1Br. The van der Waals surface area contributed by atoms with Crippen LogP contribution in [0, 0.1) is 0 Å². The largest absolute Gasteiger partial charge is 0.399 e. The molecule has 1 rings (SSSR count). The maximum atomic E-state index is 12.2. The van der Waals surface area contributed by atoms with Crippen LogP contribution >= 0.6 is 31.9 Å². The second-order valence-electron chi connectivity index (χ2n) is 3.91. The van der Waals surface area contributed by atoms with E-state index in [1.807, 2.05) is 0 Å². The summed E-state index contributed by atoms with van der Waals surface area (Å²) in [5.41, 5.74) is 6.05. The molecule has 4 N–H and O–H groups in total. The van der Waals surface area contributed by atoms with Gasteiger partial charge in [0.05, 0.1) is 0 Å². The molecule has 0 bridgehead atoms. The summed E-state index contributed by atoms with van der Waals surface area (Å²) >= 11 is 6.34. The first-order chi connectivity index (χ1) is 9.27. The normalized spacial score (nSPS) is 11.3. The number of amides is 1. The van der Waals surface area contributed by atoms with Gasteiger partial charge in [0, 0.05) is 34.1 Å². The Morgan fingerprint density at radius 1 is 1.30 bits per heavy atom. The molecule has 0 aromatic heterocycles. The quantitative estimate of drug-likeness (QED) is 0.599. The van der Waals surface area contributed by atoms with Crippen LogP contribution < -0.4 is 15.8 Å². The standard InChI is InChI=1S/C11H15Br2N3O3S/c1-2-15-10(17)3-4-16-20(18,19)11-8(12)5-7(14)6-9(11)13/h5-6,16H,2-4,14H2,1H3,(H,15,17). The fourth-order valence-electron chi connectivity index (χ4n) is 1.49. The maximum Gasteiger partial charge on any atom is 0.242 e. The molecule has 6 nitrogen and oxygen atoms in total. The third kappa shape index (κ3) is 4.72. The first kappa shape index (κ1) is 17.4. The van der Waals surface area contributed by atoms with Crippen molar-refractivity contribution in [3.63, 3.8) is 0 Å². The van der Waals surface area contributed by atoms with E-state index < -0.39 is 10.0 Å². The zero-order chi connectivity index (χ0) is 15.3. The number of hydrogen-bond donors (Lipinski definition) is 3.